The smallest absolute Gasteiger partial charge is 0.235 e. The largest absolute Gasteiger partial charge is 0.316 e. The van der Waals surface area contributed by atoms with E-state index in [1.54, 1.807) is 11.3 Å². The summed E-state index contributed by atoms with van der Waals surface area (Å²) in [7, 11) is 0. The number of carbonyl (C=O) groups is 1. The molecular formula is C19H23N5OS2. The van der Waals surface area contributed by atoms with Gasteiger partial charge in [0.1, 0.15) is 16.9 Å². The molecule has 1 saturated carbocycles. The maximum absolute atomic E-state index is 12.5. The molecule has 2 aliphatic rings. The Kier molecular flexibility index (Phi) is 5.50. The molecule has 0 atom stereocenters. The Hall–Kier alpha value is -1.85. The fourth-order valence-electron chi connectivity index (χ4n) is 4.11. The normalized spacial score (nSPS) is 16.9. The molecule has 0 aromatic carbocycles. The summed E-state index contributed by atoms with van der Waals surface area (Å²) >= 11 is 2.99. The summed E-state index contributed by atoms with van der Waals surface area (Å²) in [5, 5.41) is 22.5. The molecule has 0 spiro atoms. The highest BCUT2D eigenvalue weighted by atomic mass is 32.2. The molecule has 0 saturated heterocycles. The monoisotopic (exact) mass is 401 g/mol. The predicted octanol–water partition coefficient (Wildman–Crippen LogP) is 4.24. The Morgan fingerprint density at radius 2 is 2.11 bits per heavy atom. The molecule has 2 heterocycles. The van der Waals surface area contributed by atoms with E-state index in [9.17, 15) is 10.1 Å². The molecule has 0 aliphatic heterocycles. The Balaban J connectivity index is 1.41. The number of aryl methyl sites for hydroxylation is 2. The summed E-state index contributed by atoms with van der Waals surface area (Å²) in [5.41, 5.74) is 1.80. The van der Waals surface area contributed by atoms with Crippen LogP contribution in [-0.2, 0) is 17.6 Å². The van der Waals surface area contributed by atoms with Gasteiger partial charge < -0.3 is 9.88 Å². The number of thiophene rings is 1. The van der Waals surface area contributed by atoms with Gasteiger partial charge in [0.25, 0.3) is 0 Å². The van der Waals surface area contributed by atoms with Crippen LogP contribution in [0.3, 0.4) is 0 Å². The van der Waals surface area contributed by atoms with Crippen LogP contribution in [0.15, 0.2) is 5.16 Å². The Morgan fingerprint density at radius 1 is 1.30 bits per heavy atom. The third kappa shape index (κ3) is 3.76. The lowest BCUT2D eigenvalue weighted by Crippen LogP contribution is -2.17. The maximum atomic E-state index is 12.5. The summed E-state index contributed by atoms with van der Waals surface area (Å²) < 4.78 is 2.21. The molecule has 0 radical (unpaired) electrons. The predicted molar refractivity (Wildman–Crippen MR) is 107 cm³/mol. The first-order valence-electron chi connectivity index (χ1n) is 9.56. The molecule has 2 aromatic heterocycles. The van der Waals surface area contributed by atoms with Gasteiger partial charge in [0.2, 0.25) is 5.91 Å². The van der Waals surface area contributed by atoms with Crippen LogP contribution >= 0.6 is 23.1 Å². The molecule has 4 rings (SSSR count). The molecule has 0 bridgehead atoms. The number of thioether (sulfide) groups is 1. The number of nitrogens with one attached hydrogen (secondary N) is 1. The number of aromatic nitrogens is 3. The number of nitrogens with zero attached hydrogens (tertiary/aromatic N) is 4. The van der Waals surface area contributed by atoms with Gasteiger partial charge in [0.15, 0.2) is 5.16 Å². The number of rotatable bonds is 5. The van der Waals surface area contributed by atoms with Crippen LogP contribution in [0.2, 0.25) is 0 Å². The first-order valence-corrected chi connectivity index (χ1v) is 11.4. The van der Waals surface area contributed by atoms with Gasteiger partial charge in [0.05, 0.1) is 11.3 Å². The van der Waals surface area contributed by atoms with Gasteiger partial charge in [-0.1, -0.05) is 31.0 Å². The number of amides is 1. The fourth-order valence-corrected chi connectivity index (χ4v) is 6.22. The molecule has 8 heteroatoms. The van der Waals surface area contributed by atoms with E-state index in [0.29, 0.717) is 16.6 Å². The van der Waals surface area contributed by atoms with Gasteiger partial charge in [-0.3, -0.25) is 4.79 Å². The van der Waals surface area contributed by atoms with Gasteiger partial charge in [-0.25, -0.2) is 0 Å². The Bertz CT molecular complexity index is 889. The Morgan fingerprint density at radius 3 is 2.89 bits per heavy atom. The van der Waals surface area contributed by atoms with Crippen molar-refractivity contribution >= 4 is 34.0 Å². The minimum atomic E-state index is -0.0905. The number of hydrogen-bond donors (Lipinski definition) is 1. The standard InChI is InChI=1S/C19H23N5OS2/c1-12-22-23-19(24(12)13-6-3-2-4-7-13)26-11-17(25)21-18-15(10-20)14-8-5-9-16(14)27-18/h13H,2-9,11H2,1H3,(H,21,25). The van der Waals surface area contributed by atoms with Crippen LogP contribution in [0.4, 0.5) is 5.00 Å². The van der Waals surface area contributed by atoms with Gasteiger partial charge in [0, 0.05) is 10.9 Å². The van der Waals surface area contributed by atoms with Crippen LogP contribution in [-0.4, -0.2) is 26.4 Å². The van der Waals surface area contributed by atoms with Crippen LogP contribution in [0, 0.1) is 18.3 Å². The number of nitriles is 1. The fraction of sp³-hybridized carbons (Fsp3) is 0.579. The lowest BCUT2D eigenvalue weighted by molar-refractivity contribution is -0.113. The molecule has 0 unspecified atom stereocenters. The average molecular weight is 402 g/mol. The van der Waals surface area contributed by atoms with E-state index in [1.165, 1.54) is 35.9 Å². The zero-order valence-corrected chi connectivity index (χ0v) is 17.1. The molecule has 1 amide bonds. The molecule has 27 heavy (non-hydrogen) atoms. The van der Waals surface area contributed by atoms with Crippen molar-refractivity contribution in [3.63, 3.8) is 0 Å². The summed E-state index contributed by atoms with van der Waals surface area (Å²) in [6.45, 7) is 1.98. The van der Waals surface area contributed by atoms with Crippen molar-refractivity contribution in [2.75, 3.05) is 11.1 Å². The van der Waals surface area contributed by atoms with E-state index < -0.39 is 0 Å². The summed E-state index contributed by atoms with van der Waals surface area (Å²) in [4.78, 5) is 13.7. The summed E-state index contributed by atoms with van der Waals surface area (Å²) in [6, 6.07) is 2.72. The van der Waals surface area contributed by atoms with E-state index >= 15 is 0 Å². The number of fused-ring (bicyclic) bond motifs is 1. The highest BCUT2D eigenvalue weighted by molar-refractivity contribution is 7.99. The van der Waals surface area contributed by atoms with Crippen LogP contribution in [0.5, 0.6) is 0 Å². The Labute approximate surface area is 167 Å². The van der Waals surface area contributed by atoms with Crippen LogP contribution < -0.4 is 5.32 Å². The van der Waals surface area contributed by atoms with E-state index in [1.807, 2.05) is 6.92 Å². The zero-order valence-electron chi connectivity index (χ0n) is 15.5. The maximum Gasteiger partial charge on any atom is 0.235 e. The number of anilines is 1. The molecule has 2 aromatic rings. The van der Waals surface area contributed by atoms with Crippen LogP contribution in [0.25, 0.3) is 0 Å². The van der Waals surface area contributed by atoms with E-state index in [-0.39, 0.29) is 11.7 Å². The second kappa shape index (κ2) is 8.03. The quantitative estimate of drug-likeness (QED) is 0.758. The zero-order chi connectivity index (χ0) is 18.8. The second-order valence-electron chi connectivity index (χ2n) is 7.20. The van der Waals surface area contributed by atoms with Crippen LogP contribution in [0.1, 0.15) is 66.4 Å². The van der Waals surface area contributed by atoms with Crippen molar-refractivity contribution in [3.8, 4) is 6.07 Å². The van der Waals surface area contributed by atoms with Crippen molar-refractivity contribution in [2.45, 2.75) is 69.5 Å². The van der Waals surface area contributed by atoms with E-state index in [0.717, 1.165) is 48.6 Å². The number of hydrogen-bond acceptors (Lipinski definition) is 6. The van der Waals surface area contributed by atoms with Crippen molar-refractivity contribution in [2.24, 2.45) is 0 Å². The molecule has 1 N–H and O–H groups in total. The molecule has 6 nitrogen and oxygen atoms in total. The van der Waals surface area contributed by atoms with Gasteiger partial charge in [-0.2, -0.15) is 5.26 Å². The topological polar surface area (TPSA) is 83.6 Å². The number of carbonyl (C=O) groups excluding carboxylic acids is 1. The minimum absolute atomic E-state index is 0.0905. The SMILES string of the molecule is Cc1nnc(SCC(=O)Nc2sc3c(c2C#N)CCC3)n1C1CCCCC1. The van der Waals surface area contributed by atoms with Crippen molar-refractivity contribution in [1.82, 2.24) is 14.8 Å². The second-order valence-corrected chi connectivity index (χ2v) is 9.25. The van der Waals surface area contributed by atoms with Gasteiger partial charge in [-0.15, -0.1) is 21.5 Å². The molecule has 142 valence electrons. The molecule has 1 fully saturated rings. The molecule has 2 aliphatic carbocycles. The van der Waals surface area contributed by atoms with E-state index in [2.05, 4.69) is 26.2 Å². The first-order chi connectivity index (χ1) is 13.2. The van der Waals surface area contributed by atoms with Crippen molar-refractivity contribution in [1.29, 1.82) is 5.26 Å². The summed E-state index contributed by atoms with van der Waals surface area (Å²) in [6.07, 6.45) is 9.17. The third-order valence-corrected chi connectivity index (χ3v) is 7.54. The highest BCUT2D eigenvalue weighted by Crippen LogP contribution is 2.38. The highest BCUT2D eigenvalue weighted by Gasteiger charge is 2.24. The van der Waals surface area contributed by atoms with Crippen molar-refractivity contribution < 1.29 is 4.79 Å². The minimum Gasteiger partial charge on any atom is -0.316 e. The van der Waals surface area contributed by atoms with E-state index in [4.69, 9.17) is 0 Å². The average Bonchev–Trinajstić information content (AvgIpc) is 3.35. The third-order valence-electron chi connectivity index (χ3n) is 5.39. The van der Waals surface area contributed by atoms with Crippen molar-refractivity contribution in [3.05, 3.63) is 21.8 Å². The van der Waals surface area contributed by atoms with Gasteiger partial charge >= 0.3 is 0 Å². The first kappa shape index (κ1) is 18.5. The lowest BCUT2D eigenvalue weighted by atomic mass is 9.95. The lowest BCUT2D eigenvalue weighted by Gasteiger charge is -2.24. The van der Waals surface area contributed by atoms with Gasteiger partial charge in [-0.05, 0) is 44.6 Å². The summed E-state index contributed by atoms with van der Waals surface area (Å²) in [5.74, 6) is 1.11. The molecular weight excluding hydrogens is 378 g/mol.